The van der Waals surface area contributed by atoms with Gasteiger partial charge in [-0.05, 0) is 18.6 Å². The van der Waals surface area contributed by atoms with Crippen LogP contribution in [0.5, 0.6) is 5.75 Å². The Morgan fingerprint density at radius 1 is 1.26 bits per heavy atom. The van der Waals surface area contributed by atoms with E-state index in [4.69, 9.17) is 0 Å². The van der Waals surface area contributed by atoms with E-state index < -0.39 is 0 Å². The smallest absolute Gasteiger partial charge is 0.286 e. The van der Waals surface area contributed by atoms with Crippen LogP contribution < -0.4 is 9.88 Å². The Bertz CT molecular complexity index is 555. The summed E-state index contributed by atoms with van der Waals surface area (Å²) in [6, 6.07) is 13.0. The van der Waals surface area contributed by atoms with Crippen LogP contribution in [0.25, 0.3) is 0 Å². The Morgan fingerprint density at radius 3 is 2.68 bits per heavy atom. The summed E-state index contributed by atoms with van der Waals surface area (Å²) in [6.45, 7) is 2.13. The molecule has 0 aliphatic carbocycles. The summed E-state index contributed by atoms with van der Waals surface area (Å²) >= 11 is 0. The maximum atomic E-state index is 11.9. The number of aromatic hydroxyl groups is 1. The number of amides is 1. The van der Waals surface area contributed by atoms with Gasteiger partial charge in [-0.15, -0.1) is 0 Å². The molecule has 19 heavy (non-hydrogen) atoms. The molecule has 4 heteroatoms. The van der Waals surface area contributed by atoms with Gasteiger partial charge in [0, 0.05) is 6.07 Å². The molecule has 0 aliphatic rings. The van der Waals surface area contributed by atoms with Gasteiger partial charge in [0.2, 0.25) is 12.7 Å². The fourth-order valence-electron chi connectivity index (χ4n) is 1.88. The number of benzene rings is 1. The van der Waals surface area contributed by atoms with E-state index in [1.54, 1.807) is 22.9 Å². The van der Waals surface area contributed by atoms with Crippen LogP contribution in [-0.4, -0.2) is 11.0 Å². The third-order valence-corrected chi connectivity index (χ3v) is 2.85. The number of hydrogen-bond donors (Lipinski definition) is 2. The highest BCUT2D eigenvalue weighted by Gasteiger charge is 2.13. The molecule has 1 aromatic heterocycles. The van der Waals surface area contributed by atoms with Crippen molar-refractivity contribution < 1.29 is 14.5 Å². The van der Waals surface area contributed by atoms with Gasteiger partial charge >= 0.3 is 0 Å². The second kappa shape index (κ2) is 6.00. The Hall–Kier alpha value is -2.36. The van der Waals surface area contributed by atoms with Crippen LogP contribution >= 0.6 is 0 Å². The number of hydrogen-bond acceptors (Lipinski definition) is 2. The Balaban J connectivity index is 1.95. The number of nitrogens with zero attached hydrogens (tertiary/aromatic N) is 1. The molecule has 1 amide bonds. The highest BCUT2D eigenvalue weighted by molar-refractivity contribution is 5.74. The van der Waals surface area contributed by atoms with Crippen LogP contribution in [0.3, 0.4) is 0 Å². The second-order valence-electron chi connectivity index (χ2n) is 4.43. The van der Waals surface area contributed by atoms with E-state index in [1.807, 2.05) is 37.3 Å². The normalized spacial score (nSPS) is 11.8. The lowest BCUT2D eigenvalue weighted by molar-refractivity contribution is -0.684. The minimum absolute atomic E-state index is 0.0355. The monoisotopic (exact) mass is 257 g/mol. The summed E-state index contributed by atoms with van der Waals surface area (Å²) in [7, 11) is 0. The lowest BCUT2D eigenvalue weighted by Gasteiger charge is -2.12. The number of pyridine rings is 1. The summed E-state index contributed by atoms with van der Waals surface area (Å²) in [5, 5.41) is 12.3. The maximum Gasteiger partial charge on any atom is 0.286 e. The minimum Gasteiger partial charge on any atom is -0.503 e. The highest BCUT2D eigenvalue weighted by Crippen LogP contribution is 2.10. The Kier molecular flexibility index (Phi) is 4.13. The van der Waals surface area contributed by atoms with Crippen molar-refractivity contribution in [2.45, 2.75) is 19.5 Å². The molecule has 2 rings (SSSR count). The van der Waals surface area contributed by atoms with E-state index in [9.17, 15) is 9.90 Å². The van der Waals surface area contributed by atoms with Gasteiger partial charge in [-0.1, -0.05) is 30.3 Å². The molecule has 0 fully saturated rings. The molecule has 1 aromatic carbocycles. The molecule has 0 saturated carbocycles. The third kappa shape index (κ3) is 3.81. The first-order valence-electron chi connectivity index (χ1n) is 6.17. The molecule has 2 aromatic rings. The summed E-state index contributed by atoms with van der Waals surface area (Å²) in [6.07, 6.45) is 3.26. The predicted molar refractivity (Wildman–Crippen MR) is 71.3 cm³/mol. The first-order valence-corrected chi connectivity index (χ1v) is 6.17. The summed E-state index contributed by atoms with van der Waals surface area (Å²) in [5.41, 5.74) is 1.07. The largest absolute Gasteiger partial charge is 0.503 e. The number of carbonyl (C=O) groups is 1. The van der Waals surface area contributed by atoms with Crippen molar-refractivity contribution in [3.05, 3.63) is 60.4 Å². The molecule has 4 nitrogen and oxygen atoms in total. The first kappa shape index (κ1) is 13.1. The fourth-order valence-corrected chi connectivity index (χ4v) is 1.88. The van der Waals surface area contributed by atoms with Crippen LogP contribution in [0.4, 0.5) is 0 Å². The number of carbonyl (C=O) groups excluding carboxylic acids is 1. The highest BCUT2D eigenvalue weighted by atomic mass is 16.3. The second-order valence-corrected chi connectivity index (χ2v) is 4.43. The predicted octanol–water partition coefficient (Wildman–Crippen LogP) is 1.56. The van der Waals surface area contributed by atoms with E-state index in [1.165, 1.54) is 6.20 Å². The first-order chi connectivity index (χ1) is 9.15. The summed E-state index contributed by atoms with van der Waals surface area (Å²) in [5.74, 6) is 0.0540. The van der Waals surface area contributed by atoms with Gasteiger partial charge in [-0.25, -0.2) is 0 Å². The van der Waals surface area contributed by atoms with Gasteiger partial charge in [0.25, 0.3) is 5.91 Å². The van der Waals surface area contributed by atoms with Crippen molar-refractivity contribution in [2.24, 2.45) is 0 Å². The van der Waals surface area contributed by atoms with Gasteiger partial charge < -0.3 is 10.4 Å². The van der Waals surface area contributed by atoms with Crippen LogP contribution in [-0.2, 0) is 11.3 Å². The van der Waals surface area contributed by atoms with Gasteiger partial charge in [-0.3, -0.25) is 4.79 Å². The molecule has 98 valence electrons. The molecular weight excluding hydrogens is 240 g/mol. The molecule has 0 unspecified atom stereocenters. The average molecular weight is 257 g/mol. The zero-order chi connectivity index (χ0) is 13.7. The molecule has 0 bridgehead atoms. The van der Waals surface area contributed by atoms with Crippen molar-refractivity contribution in [3.8, 4) is 5.75 Å². The lowest BCUT2D eigenvalue weighted by Crippen LogP contribution is -2.42. The van der Waals surface area contributed by atoms with Crippen molar-refractivity contribution >= 4 is 5.91 Å². The van der Waals surface area contributed by atoms with Gasteiger partial charge in [-0.2, -0.15) is 4.57 Å². The van der Waals surface area contributed by atoms with Gasteiger partial charge in [0.15, 0.2) is 11.9 Å². The quantitative estimate of drug-likeness (QED) is 0.817. The van der Waals surface area contributed by atoms with E-state index in [-0.39, 0.29) is 24.2 Å². The fraction of sp³-hybridized carbons (Fsp3) is 0.200. The van der Waals surface area contributed by atoms with E-state index in [0.29, 0.717) is 0 Å². The van der Waals surface area contributed by atoms with Gasteiger partial charge in [0.1, 0.15) is 0 Å². The molecule has 2 N–H and O–H groups in total. The Labute approximate surface area is 112 Å². The topological polar surface area (TPSA) is 53.2 Å². The van der Waals surface area contributed by atoms with Crippen molar-refractivity contribution in [2.75, 3.05) is 0 Å². The number of rotatable bonds is 4. The molecule has 1 atom stereocenters. The molecule has 0 spiro atoms. The van der Waals surface area contributed by atoms with Crippen LogP contribution in [0.2, 0.25) is 0 Å². The standard InChI is InChI=1S/C15H16N2O2/c1-12(13-6-3-2-4-7-13)16-15(19)11-17-9-5-8-14(18)10-17/h2-10,12H,11H2,1H3,(H-,16,18,19)/p+1/t12-/m0/s1. The zero-order valence-corrected chi connectivity index (χ0v) is 10.8. The van der Waals surface area contributed by atoms with E-state index >= 15 is 0 Å². The molecule has 1 heterocycles. The SMILES string of the molecule is C[C@H](NC(=O)C[n+]1cccc(O)c1)c1ccccc1. The minimum atomic E-state index is -0.0908. The maximum absolute atomic E-state index is 11.9. The lowest BCUT2D eigenvalue weighted by atomic mass is 10.1. The summed E-state index contributed by atoms with van der Waals surface area (Å²) in [4.78, 5) is 11.9. The van der Waals surface area contributed by atoms with Crippen LogP contribution in [0.15, 0.2) is 54.9 Å². The molecular formula is C15H17N2O2+. The van der Waals surface area contributed by atoms with E-state index in [0.717, 1.165) is 5.56 Å². The van der Waals surface area contributed by atoms with Crippen LogP contribution in [0.1, 0.15) is 18.5 Å². The molecule has 0 aliphatic heterocycles. The number of aromatic nitrogens is 1. The Morgan fingerprint density at radius 2 is 2.00 bits per heavy atom. The van der Waals surface area contributed by atoms with Gasteiger partial charge in [0.05, 0.1) is 6.04 Å². The van der Waals surface area contributed by atoms with E-state index in [2.05, 4.69) is 5.32 Å². The number of nitrogens with one attached hydrogen (secondary N) is 1. The van der Waals surface area contributed by atoms with Crippen molar-refractivity contribution in [3.63, 3.8) is 0 Å². The zero-order valence-electron chi connectivity index (χ0n) is 10.8. The third-order valence-electron chi connectivity index (χ3n) is 2.85. The molecule has 0 saturated heterocycles. The van der Waals surface area contributed by atoms with Crippen molar-refractivity contribution in [1.82, 2.24) is 5.32 Å². The molecule has 0 radical (unpaired) electrons. The van der Waals surface area contributed by atoms with Crippen LogP contribution in [0, 0.1) is 0 Å². The van der Waals surface area contributed by atoms with Crippen molar-refractivity contribution in [1.29, 1.82) is 0 Å². The average Bonchev–Trinajstić information content (AvgIpc) is 2.39. The summed E-state index contributed by atoms with van der Waals surface area (Å²) < 4.78 is 1.64.